The highest BCUT2D eigenvalue weighted by Crippen LogP contribution is 2.28. The van der Waals surface area contributed by atoms with Crippen molar-refractivity contribution in [3.05, 3.63) is 35.4 Å². The van der Waals surface area contributed by atoms with Crippen LogP contribution in [0.1, 0.15) is 24.8 Å². The maximum atomic E-state index is 13.5. The molecular formula is C17H26F2IN3O. The molecule has 7 heteroatoms. The van der Waals surface area contributed by atoms with Gasteiger partial charge in [-0.2, -0.15) is 0 Å². The third-order valence-electron chi connectivity index (χ3n) is 3.73. The fourth-order valence-electron chi connectivity index (χ4n) is 2.19. The first-order valence-electron chi connectivity index (χ1n) is 8.15. The van der Waals surface area contributed by atoms with Crippen molar-refractivity contribution in [3.63, 3.8) is 0 Å². The zero-order chi connectivity index (χ0) is 16.5. The van der Waals surface area contributed by atoms with Crippen molar-refractivity contribution in [2.75, 3.05) is 33.4 Å². The molecule has 4 nitrogen and oxygen atoms in total. The Kier molecular flexibility index (Phi) is 10.2. The Morgan fingerprint density at radius 2 is 2.00 bits per heavy atom. The third kappa shape index (κ3) is 8.23. The lowest BCUT2D eigenvalue weighted by molar-refractivity contribution is 0.123. The molecule has 24 heavy (non-hydrogen) atoms. The van der Waals surface area contributed by atoms with Gasteiger partial charge in [-0.15, -0.1) is 24.0 Å². The summed E-state index contributed by atoms with van der Waals surface area (Å²) in [4.78, 5) is 4.10. The summed E-state index contributed by atoms with van der Waals surface area (Å²) in [5.41, 5.74) is 0.362. The number of rotatable bonds is 9. The van der Waals surface area contributed by atoms with Crippen molar-refractivity contribution in [3.8, 4) is 0 Å². The highest BCUT2D eigenvalue weighted by molar-refractivity contribution is 14.0. The lowest BCUT2D eigenvalue weighted by Crippen LogP contribution is -2.39. The van der Waals surface area contributed by atoms with E-state index in [1.54, 1.807) is 7.05 Å². The topological polar surface area (TPSA) is 45.7 Å². The second-order valence-corrected chi connectivity index (χ2v) is 5.78. The van der Waals surface area contributed by atoms with Crippen molar-refractivity contribution in [1.82, 2.24) is 10.6 Å². The van der Waals surface area contributed by atoms with Gasteiger partial charge in [-0.1, -0.05) is 0 Å². The van der Waals surface area contributed by atoms with Crippen LogP contribution >= 0.6 is 24.0 Å². The Hall–Kier alpha value is -0.960. The van der Waals surface area contributed by atoms with Crippen molar-refractivity contribution in [1.29, 1.82) is 0 Å². The molecule has 0 heterocycles. The number of aliphatic imine (C=N–C) groups is 1. The Morgan fingerprint density at radius 1 is 1.25 bits per heavy atom. The molecule has 136 valence electrons. The van der Waals surface area contributed by atoms with Crippen LogP contribution in [0.4, 0.5) is 8.78 Å². The predicted molar refractivity (Wildman–Crippen MR) is 103 cm³/mol. The number of hydrogen-bond donors (Lipinski definition) is 2. The van der Waals surface area contributed by atoms with E-state index in [1.807, 2.05) is 0 Å². The molecule has 0 radical (unpaired) electrons. The molecule has 2 N–H and O–H groups in total. The molecule has 1 aromatic carbocycles. The molecule has 0 aliphatic heterocycles. The van der Waals surface area contributed by atoms with E-state index >= 15 is 0 Å². The van der Waals surface area contributed by atoms with Gasteiger partial charge in [0.25, 0.3) is 0 Å². The van der Waals surface area contributed by atoms with Gasteiger partial charge in [0.1, 0.15) is 11.6 Å². The van der Waals surface area contributed by atoms with Gasteiger partial charge in [-0.05, 0) is 55.4 Å². The van der Waals surface area contributed by atoms with E-state index < -0.39 is 5.82 Å². The van der Waals surface area contributed by atoms with E-state index in [0.717, 1.165) is 44.2 Å². The zero-order valence-corrected chi connectivity index (χ0v) is 16.3. The highest BCUT2D eigenvalue weighted by Gasteiger charge is 2.20. The Balaban J connectivity index is 0.00000288. The van der Waals surface area contributed by atoms with Crippen LogP contribution in [0.15, 0.2) is 23.2 Å². The van der Waals surface area contributed by atoms with Crippen LogP contribution in [-0.4, -0.2) is 39.3 Å². The molecule has 0 bridgehead atoms. The largest absolute Gasteiger partial charge is 0.381 e. The van der Waals surface area contributed by atoms with Crippen LogP contribution in [0.3, 0.4) is 0 Å². The summed E-state index contributed by atoms with van der Waals surface area (Å²) in [5, 5.41) is 6.27. The van der Waals surface area contributed by atoms with Crippen molar-refractivity contribution in [2.24, 2.45) is 10.9 Å². The maximum absolute atomic E-state index is 13.5. The molecule has 1 saturated carbocycles. The number of halogens is 3. The zero-order valence-electron chi connectivity index (χ0n) is 14.0. The second kappa shape index (κ2) is 11.6. The number of nitrogens with one attached hydrogen (secondary N) is 2. The van der Waals surface area contributed by atoms with Crippen LogP contribution in [0.5, 0.6) is 0 Å². The number of hydrogen-bond acceptors (Lipinski definition) is 2. The molecule has 1 aliphatic carbocycles. The van der Waals surface area contributed by atoms with E-state index in [2.05, 4.69) is 15.6 Å². The summed E-state index contributed by atoms with van der Waals surface area (Å²) in [6.45, 7) is 2.87. The Labute approximate surface area is 159 Å². The predicted octanol–water partition coefficient (Wildman–Crippen LogP) is 3.11. The molecule has 0 unspecified atom stereocenters. The quantitative estimate of drug-likeness (QED) is 0.262. The summed E-state index contributed by atoms with van der Waals surface area (Å²) < 4.78 is 32.1. The van der Waals surface area contributed by atoms with E-state index in [9.17, 15) is 8.78 Å². The summed E-state index contributed by atoms with van der Waals surface area (Å²) in [7, 11) is 1.68. The Bertz CT molecular complexity index is 525. The van der Waals surface area contributed by atoms with Crippen molar-refractivity contribution >= 4 is 29.9 Å². The normalized spacial score (nSPS) is 14.2. The van der Waals surface area contributed by atoms with Crippen LogP contribution in [0, 0.1) is 17.6 Å². The number of nitrogens with zero attached hydrogens (tertiary/aromatic N) is 1. The van der Waals surface area contributed by atoms with Crippen LogP contribution in [-0.2, 0) is 11.2 Å². The van der Waals surface area contributed by atoms with Gasteiger partial charge in [0.15, 0.2) is 5.96 Å². The highest BCUT2D eigenvalue weighted by atomic mass is 127. The second-order valence-electron chi connectivity index (χ2n) is 5.78. The molecule has 1 aliphatic rings. The molecule has 0 aromatic heterocycles. The van der Waals surface area contributed by atoms with Gasteiger partial charge in [0.2, 0.25) is 0 Å². The lowest BCUT2D eigenvalue weighted by Gasteiger charge is -2.12. The number of ether oxygens (including phenoxy) is 1. The van der Waals surface area contributed by atoms with Crippen LogP contribution in [0.2, 0.25) is 0 Å². The minimum absolute atomic E-state index is 0. The lowest BCUT2D eigenvalue weighted by atomic mass is 10.1. The van der Waals surface area contributed by atoms with Crippen LogP contribution in [0.25, 0.3) is 0 Å². The van der Waals surface area contributed by atoms with Crippen LogP contribution < -0.4 is 10.6 Å². The molecule has 0 amide bonds. The van der Waals surface area contributed by atoms with Gasteiger partial charge in [0.05, 0.1) is 0 Å². The van der Waals surface area contributed by atoms with E-state index in [-0.39, 0.29) is 29.8 Å². The van der Waals surface area contributed by atoms with Gasteiger partial charge in [0, 0.05) is 33.4 Å². The summed E-state index contributed by atoms with van der Waals surface area (Å²) >= 11 is 0. The van der Waals surface area contributed by atoms with Gasteiger partial charge < -0.3 is 15.4 Å². The van der Waals surface area contributed by atoms with Crippen molar-refractivity contribution in [2.45, 2.75) is 25.7 Å². The van der Waals surface area contributed by atoms with Gasteiger partial charge in [-0.3, -0.25) is 4.99 Å². The smallest absolute Gasteiger partial charge is 0.190 e. The minimum atomic E-state index is -0.421. The average molecular weight is 453 g/mol. The standard InChI is InChI=1S/C17H25F2N3O.HI/c1-20-17(21-8-2-10-23-12-13-3-4-13)22-9-7-14-11-15(18)5-6-16(14)19;/h5-6,11,13H,2-4,7-10,12H2,1H3,(H2,20,21,22);1H. The Morgan fingerprint density at radius 3 is 2.71 bits per heavy atom. The summed E-state index contributed by atoms with van der Waals surface area (Å²) in [5.74, 6) is 0.642. The fraction of sp³-hybridized carbons (Fsp3) is 0.588. The van der Waals surface area contributed by atoms with E-state index in [0.29, 0.717) is 24.5 Å². The summed E-state index contributed by atoms with van der Waals surface area (Å²) in [6.07, 6.45) is 3.92. The molecule has 1 fully saturated rings. The number of guanidine groups is 1. The SMILES string of the molecule is CN=C(NCCCOCC1CC1)NCCc1cc(F)ccc1F.I. The first kappa shape index (κ1) is 21.1. The van der Waals surface area contributed by atoms with E-state index in [4.69, 9.17) is 4.74 Å². The molecular weight excluding hydrogens is 427 g/mol. The molecule has 0 atom stereocenters. The van der Waals surface area contributed by atoms with E-state index in [1.165, 1.54) is 18.9 Å². The monoisotopic (exact) mass is 453 g/mol. The molecule has 2 rings (SSSR count). The van der Waals surface area contributed by atoms with Crippen molar-refractivity contribution < 1.29 is 13.5 Å². The fourth-order valence-corrected chi connectivity index (χ4v) is 2.19. The summed E-state index contributed by atoms with van der Waals surface area (Å²) in [6, 6.07) is 3.50. The molecule has 0 spiro atoms. The number of benzene rings is 1. The minimum Gasteiger partial charge on any atom is -0.381 e. The maximum Gasteiger partial charge on any atom is 0.190 e. The first-order chi connectivity index (χ1) is 11.2. The first-order valence-corrected chi connectivity index (χ1v) is 8.15. The third-order valence-corrected chi connectivity index (χ3v) is 3.73. The average Bonchev–Trinajstić information content (AvgIpc) is 3.36. The molecule has 0 saturated heterocycles. The van der Waals surface area contributed by atoms with Gasteiger partial charge >= 0.3 is 0 Å². The van der Waals surface area contributed by atoms with Gasteiger partial charge in [-0.25, -0.2) is 8.78 Å². The molecule has 1 aromatic rings.